The van der Waals surface area contributed by atoms with Gasteiger partial charge in [0.2, 0.25) is 0 Å². The molecule has 0 atom stereocenters. The van der Waals surface area contributed by atoms with Gasteiger partial charge in [-0.15, -0.1) is 36.2 Å². The van der Waals surface area contributed by atoms with Crippen LogP contribution in [0.1, 0.15) is 5.56 Å². The van der Waals surface area contributed by atoms with Gasteiger partial charge in [0, 0.05) is 12.7 Å². The lowest BCUT2D eigenvalue weighted by atomic mass is 10.2. The van der Waals surface area contributed by atoms with Crippen LogP contribution in [-0.2, 0) is 6.54 Å². The average molecular weight is 263 g/mol. The number of rotatable bonds is 2. The van der Waals surface area contributed by atoms with Crippen LogP contribution in [0.2, 0.25) is 0 Å². The highest BCUT2D eigenvalue weighted by Crippen LogP contribution is 2.25. The Bertz CT molecular complexity index is 390. The quantitative estimate of drug-likeness (QED) is 0.904. The molecule has 2 nitrogen and oxygen atoms in total. The van der Waals surface area contributed by atoms with E-state index in [4.69, 9.17) is 5.73 Å². The summed E-state index contributed by atoms with van der Waals surface area (Å²) in [5.41, 5.74) is 7.74. The summed E-state index contributed by atoms with van der Waals surface area (Å²) in [7, 11) is 0. The molecule has 82 valence electrons. The molecule has 2 aromatic heterocycles. The van der Waals surface area contributed by atoms with Crippen LogP contribution in [0.4, 0.5) is 0 Å². The third-order valence-electron chi connectivity index (χ3n) is 1.87. The average Bonchev–Trinajstić information content (AvgIpc) is 2.70. The van der Waals surface area contributed by atoms with Crippen molar-refractivity contribution in [3.63, 3.8) is 0 Å². The second-order valence-electron chi connectivity index (χ2n) is 2.69. The summed E-state index contributed by atoms with van der Waals surface area (Å²) in [5, 5.41) is 2.05. The lowest BCUT2D eigenvalue weighted by Crippen LogP contribution is -1.99. The third-order valence-corrected chi connectivity index (χ3v) is 2.74. The highest BCUT2D eigenvalue weighted by Gasteiger charge is 2.04. The van der Waals surface area contributed by atoms with E-state index in [1.165, 1.54) is 4.88 Å². The fourth-order valence-electron chi connectivity index (χ4n) is 1.24. The molecule has 0 aliphatic carbocycles. The summed E-state index contributed by atoms with van der Waals surface area (Å²) in [6.45, 7) is 0.543. The van der Waals surface area contributed by atoms with Gasteiger partial charge >= 0.3 is 0 Å². The van der Waals surface area contributed by atoms with Crippen molar-refractivity contribution >= 4 is 36.2 Å². The maximum atomic E-state index is 5.62. The van der Waals surface area contributed by atoms with Crippen molar-refractivity contribution in [2.75, 3.05) is 0 Å². The van der Waals surface area contributed by atoms with Crippen LogP contribution in [0.25, 0.3) is 10.6 Å². The number of hydrogen-bond donors (Lipinski definition) is 1. The van der Waals surface area contributed by atoms with E-state index in [9.17, 15) is 0 Å². The molecule has 0 unspecified atom stereocenters. The molecular weight excluding hydrogens is 251 g/mol. The Labute approximate surface area is 105 Å². The summed E-state index contributed by atoms with van der Waals surface area (Å²) in [5.74, 6) is 0. The monoisotopic (exact) mass is 262 g/mol. The Morgan fingerprint density at radius 1 is 1.20 bits per heavy atom. The molecule has 2 N–H and O–H groups in total. The maximum absolute atomic E-state index is 5.62. The van der Waals surface area contributed by atoms with Gasteiger partial charge in [0.25, 0.3) is 0 Å². The molecule has 2 aromatic rings. The van der Waals surface area contributed by atoms with Crippen molar-refractivity contribution in [3.8, 4) is 10.6 Å². The Hall–Kier alpha value is -0.610. The Morgan fingerprint density at radius 2 is 2.00 bits per heavy atom. The van der Waals surface area contributed by atoms with Crippen LogP contribution >= 0.6 is 36.2 Å². The second kappa shape index (κ2) is 6.80. The van der Waals surface area contributed by atoms with Gasteiger partial charge in [-0.3, -0.25) is 4.98 Å². The molecular formula is C10H12Cl2N2S. The SMILES string of the molecule is Cl.Cl.NCc1cccnc1-c1cccs1. The normalized spacial score (nSPS) is 8.87. The van der Waals surface area contributed by atoms with Gasteiger partial charge in [-0.1, -0.05) is 12.1 Å². The number of nitrogens with zero attached hydrogens (tertiary/aromatic N) is 1. The predicted octanol–water partition coefficient (Wildman–Crippen LogP) is 3.11. The minimum Gasteiger partial charge on any atom is -0.326 e. The van der Waals surface area contributed by atoms with Crippen molar-refractivity contribution in [2.24, 2.45) is 5.73 Å². The number of nitrogens with two attached hydrogens (primary N) is 1. The largest absolute Gasteiger partial charge is 0.326 e. The second-order valence-corrected chi connectivity index (χ2v) is 3.64. The molecule has 0 amide bonds. The van der Waals surface area contributed by atoms with Gasteiger partial charge in [-0.2, -0.15) is 0 Å². The van der Waals surface area contributed by atoms with Crippen molar-refractivity contribution in [3.05, 3.63) is 41.4 Å². The van der Waals surface area contributed by atoms with Gasteiger partial charge in [0.05, 0.1) is 10.6 Å². The highest BCUT2D eigenvalue weighted by molar-refractivity contribution is 7.13. The maximum Gasteiger partial charge on any atom is 0.0846 e. The van der Waals surface area contributed by atoms with E-state index in [-0.39, 0.29) is 24.8 Å². The van der Waals surface area contributed by atoms with Crippen molar-refractivity contribution in [1.29, 1.82) is 0 Å². The van der Waals surface area contributed by atoms with Gasteiger partial charge < -0.3 is 5.73 Å². The topological polar surface area (TPSA) is 38.9 Å². The molecule has 0 saturated heterocycles. The van der Waals surface area contributed by atoms with E-state index in [1.807, 2.05) is 23.6 Å². The first-order valence-electron chi connectivity index (χ1n) is 4.09. The summed E-state index contributed by atoms with van der Waals surface area (Å²) in [4.78, 5) is 5.50. The van der Waals surface area contributed by atoms with Crippen LogP contribution in [0, 0.1) is 0 Å². The zero-order valence-electron chi connectivity index (χ0n) is 7.92. The molecule has 0 aliphatic heterocycles. The van der Waals surface area contributed by atoms with Crippen molar-refractivity contribution < 1.29 is 0 Å². The third kappa shape index (κ3) is 3.18. The molecule has 0 radical (unpaired) electrons. The molecule has 0 aromatic carbocycles. The molecule has 0 fully saturated rings. The Balaban J connectivity index is 0.000000980. The predicted molar refractivity (Wildman–Crippen MR) is 69.9 cm³/mol. The molecule has 2 heterocycles. The van der Waals surface area contributed by atoms with E-state index < -0.39 is 0 Å². The first-order valence-corrected chi connectivity index (χ1v) is 4.97. The van der Waals surface area contributed by atoms with E-state index in [0.717, 1.165) is 11.3 Å². The molecule has 0 spiro atoms. The Morgan fingerprint density at radius 3 is 2.60 bits per heavy atom. The number of thiophene rings is 1. The molecule has 2 rings (SSSR count). The minimum atomic E-state index is 0. The first kappa shape index (κ1) is 14.4. The Kier molecular flexibility index (Phi) is 6.52. The first-order chi connectivity index (χ1) is 6.42. The number of pyridine rings is 1. The van der Waals surface area contributed by atoms with Crippen LogP contribution < -0.4 is 5.73 Å². The van der Waals surface area contributed by atoms with Crippen molar-refractivity contribution in [2.45, 2.75) is 6.54 Å². The van der Waals surface area contributed by atoms with E-state index in [0.29, 0.717) is 6.54 Å². The number of halogens is 2. The molecule has 15 heavy (non-hydrogen) atoms. The van der Waals surface area contributed by atoms with Gasteiger partial charge in [-0.05, 0) is 23.1 Å². The summed E-state index contributed by atoms with van der Waals surface area (Å²) in [6.07, 6.45) is 1.80. The van der Waals surface area contributed by atoms with E-state index in [1.54, 1.807) is 17.5 Å². The smallest absolute Gasteiger partial charge is 0.0846 e. The molecule has 5 heteroatoms. The molecule has 0 saturated carbocycles. The fraction of sp³-hybridized carbons (Fsp3) is 0.100. The summed E-state index contributed by atoms with van der Waals surface area (Å²) in [6, 6.07) is 8.02. The van der Waals surface area contributed by atoms with Crippen LogP contribution in [0.15, 0.2) is 35.8 Å². The standard InChI is InChI=1S/C10H10N2S.2ClH/c11-7-8-3-1-5-12-10(8)9-4-2-6-13-9;;/h1-6H,7,11H2;2*1H. The van der Waals surface area contributed by atoms with Crippen LogP contribution in [0.5, 0.6) is 0 Å². The minimum absolute atomic E-state index is 0. The van der Waals surface area contributed by atoms with Crippen LogP contribution in [-0.4, -0.2) is 4.98 Å². The zero-order chi connectivity index (χ0) is 9.10. The van der Waals surface area contributed by atoms with Gasteiger partial charge in [-0.25, -0.2) is 0 Å². The molecule has 0 bridgehead atoms. The van der Waals surface area contributed by atoms with E-state index in [2.05, 4.69) is 11.1 Å². The number of aromatic nitrogens is 1. The fourth-order valence-corrected chi connectivity index (χ4v) is 1.99. The van der Waals surface area contributed by atoms with Crippen molar-refractivity contribution in [1.82, 2.24) is 4.98 Å². The van der Waals surface area contributed by atoms with E-state index >= 15 is 0 Å². The summed E-state index contributed by atoms with van der Waals surface area (Å²) >= 11 is 1.69. The van der Waals surface area contributed by atoms with Gasteiger partial charge in [0.1, 0.15) is 0 Å². The summed E-state index contributed by atoms with van der Waals surface area (Å²) < 4.78 is 0. The lowest BCUT2D eigenvalue weighted by Gasteiger charge is -2.02. The zero-order valence-corrected chi connectivity index (χ0v) is 10.4. The van der Waals surface area contributed by atoms with Crippen LogP contribution in [0.3, 0.4) is 0 Å². The lowest BCUT2D eigenvalue weighted by molar-refractivity contribution is 1.05. The number of hydrogen-bond acceptors (Lipinski definition) is 3. The highest BCUT2D eigenvalue weighted by atomic mass is 35.5. The molecule has 0 aliphatic rings. The van der Waals surface area contributed by atoms with Gasteiger partial charge in [0.15, 0.2) is 0 Å².